The van der Waals surface area contributed by atoms with Crippen LogP contribution >= 0.6 is 15.9 Å². The standard InChI is InChI=1S/C10H17BrN4/c1-14(2)5-4-6-15(3)10-9(11)7-12-8-13-10/h7-8H,4-6H2,1-3H3. The van der Waals surface area contributed by atoms with E-state index in [4.69, 9.17) is 0 Å². The first-order chi connectivity index (χ1) is 7.11. The molecule has 1 aromatic rings. The van der Waals surface area contributed by atoms with Crippen LogP contribution in [0.3, 0.4) is 0 Å². The highest BCUT2D eigenvalue weighted by molar-refractivity contribution is 9.10. The Morgan fingerprint density at radius 2 is 2.00 bits per heavy atom. The minimum absolute atomic E-state index is 0.942. The lowest BCUT2D eigenvalue weighted by molar-refractivity contribution is 0.401. The molecule has 0 saturated carbocycles. The summed E-state index contributed by atoms with van der Waals surface area (Å²) in [5, 5.41) is 0. The molecule has 1 heterocycles. The van der Waals surface area contributed by atoms with E-state index in [0.29, 0.717) is 0 Å². The second-order valence-corrected chi connectivity index (χ2v) is 4.63. The monoisotopic (exact) mass is 272 g/mol. The molecule has 5 heteroatoms. The summed E-state index contributed by atoms with van der Waals surface area (Å²) in [5.41, 5.74) is 0. The van der Waals surface area contributed by atoms with E-state index in [9.17, 15) is 0 Å². The lowest BCUT2D eigenvalue weighted by atomic mass is 10.3. The van der Waals surface area contributed by atoms with Crippen LogP contribution in [0.4, 0.5) is 5.82 Å². The number of aromatic nitrogens is 2. The van der Waals surface area contributed by atoms with Crippen molar-refractivity contribution in [3.8, 4) is 0 Å². The summed E-state index contributed by atoms with van der Waals surface area (Å²) in [7, 11) is 6.21. The van der Waals surface area contributed by atoms with Gasteiger partial charge in [0.1, 0.15) is 12.1 Å². The van der Waals surface area contributed by atoms with Gasteiger partial charge in [-0.2, -0.15) is 0 Å². The molecule has 0 atom stereocenters. The SMILES string of the molecule is CN(C)CCCN(C)c1ncncc1Br. The molecule has 0 aromatic carbocycles. The van der Waals surface area contributed by atoms with Crippen LogP contribution in [0.25, 0.3) is 0 Å². The van der Waals surface area contributed by atoms with Gasteiger partial charge in [-0.15, -0.1) is 0 Å². The topological polar surface area (TPSA) is 32.3 Å². The van der Waals surface area contributed by atoms with Gasteiger partial charge in [0, 0.05) is 19.8 Å². The molecular formula is C10H17BrN4. The molecule has 0 aliphatic rings. The van der Waals surface area contributed by atoms with Crippen molar-refractivity contribution in [1.82, 2.24) is 14.9 Å². The highest BCUT2D eigenvalue weighted by Crippen LogP contribution is 2.20. The number of anilines is 1. The van der Waals surface area contributed by atoms with Gasteiger partial charge in [-0.25, -0.2) is 9.97 Å². The number of hydrogen-bond acceptors (Lipinski definition) is 4. The molecular weight excluding hydrogens is 256 g/mol. The highest BCUT2D eigenvalue weighted by atomic mass is 79.9. The quantitative estimate of drug-likeness (QED) is 0.816. The molecule has 0 radical (unpaired) electrons. The van der Waals surface area contributed by atoms with E-state index in [2.05, 4.69) is 49.8 Å². The van der Waals surface area contributed by atoms with Crippen LogP contribution in [0.2, 0.25) is 0 Å². The van der Waals surface area contributed by atoms with Crippen molar-refractivity contribution in [1.29, 1.82) is 0 Å². The second kappa shape index (κ2) is 6.02. The summed E-state index contributed by atoms with van der Waals surface area (Å²) in [6.45, 7) is 2.08. The average molecular weight is 273 g/mol. The fraction of sp³-hybridized carbons (Fsp3) is 0.600. The maximum absolute atomic E-state index is 4.23. The largest absolute Gasteiger partial charge is 0.359 e. The van der Waals surface area contributed by atoms with Crippen LogP contribution in [0, 0.1) is 0 Å². The number of halogens is 1. The number of hydrogen-bond donors (Lipinski definition) is 0. The van der Waals surface area contributed by atoms with Gasteiger partial charge in [0.05, 0.1) is 4.47 Å². The van der Waals surface area contributed by atoms with Crippen LogP contribution in [0.1, 0.15) is 6.42 Å². The van der Waals surface area contributed by atoms with Crippen LogP contribution < -0.4 is 4.90 Å². The molecule has 0 bridgehead atoms. The maximum atomic E-state index is 4.23. The van der Waals surface area contributed by atoms with Gasteiger partial charge in [-0.3, -0.25) is 0 Å². The fourth-order valence-corrected chi connectivity index (χ4v) is 1.84. The summed E-state index contributed by atoms with van der Waals surface area (Å²) in [4.78, 5) is 12.5. The van der Waals surface area contributed by atoms with E-state index in [1.807, 2.05) is 7.05 Å². The van der Waals surface area contributed by atoms with Crippen LogP contribution in [-0.4, -0.2) is 49.1 Å². The predicted octanol–water partition coefficient (Wildman–Crippen LogP) is 1.63. The molecule has 84 valence electrons. The lowest BCUT2D eigenvalue weighted by Crippen LogP contribution is -2.24. The Balaban J connectivity index is 2.47. The summed E-state index contributed by atoms with van der Waals surface area (Å²) < 4.78 is 0.942. The Morgan fingerprint density at radius 3 is 2.60 bits per heavy atom. The molecule has 0 amide bonds. The molecule has 15 heavy (non-hydrogen) atoms. The Bertz CT molecular complexity index is 303. The third-order valence-corrected chi connectivity index (χ3v) is 2.67. The third kappa shape index (κ3) is 4.13. The van der Waals surface area contributed by atoms with Crippen LogP contribution in [0.5, 0.6) is 0 Å². The zero-order chi connectivity index (χ0) is 11.3. The van der Waals surface area contributed by atoms with E-state index >= 15 is 0 Å². The molecule has 0 aliphatic heterocycles. The first kappa shape index (κ1) is 12.4. The van der Waals surface area contributed by atoms with Crippen molar-refractivity contribution < 1.29 is 0 Å². The number of rotatable bonds is 5. The average Bonchev–Trinajstić information content (AvgIpc) is 2.17. The van der Waals surface area contributed by atoms with Gasteiger partial charge in [0.2, 0.25) is 0 Å². The number of nitrogens with zero attached hydrogens (tertiary/aromatic N) is 4. The minimum Gasteiger partial charge on any atom is -0.359 e. The first-order valence-corrected chi connectivity index (χ1v) is 5.72. The Morgan fingerprint density at radius 1 is 1.27 bits per heavy atom. The Hall–Kier alpha value is -0.680. The first-order valence-electron chi connectivity index (χ1n) is 4.92. The van der Waals surface area contributed by atoms with E-state index in [0.717, 1.165) is 29.8 Å². The van der Waals surface area contributed by atoms with Gasteiger partial charge in [0.25, 0.3) is 0 Å². The molecule has 0 fully saturated rings. The van der Waals surface area contributed by atoms with Crippen molar-refractivity contribution in [2.75, 3.05) is 39.1 Å². The molecule has 0 aliphatic carbocycles. The minimum atomic E-state index is 0.942. The molecule has 4 nitrogen and oxygen atoms in total. The highest BCUT2D eigenvalue weighted by Gasteiger charge is 2.06. The van der Waals surface area contributed by atoms with Crippen molar-refractivity contribution in [3.63, 3.8) is 0 Å². The van der Waals surface area contributed by atoms with E-state index in [1.54, 1.807) is 12.5 Å². The van der Waals surface area contributed by atoms with Crippen LogP contribution in [-0.2, 0) is 0 Å². The van der Waals surface area contributed by atoms with Crippen molar-refractivity contribution in [3.05, 3.63) is 17.0 Å². The molecule has 0 saturated heterocycles. The lowest BCUT2D eigenvalue weighted by Gasteiger charge is -2.19. The third-order valence-electron chi connectivity index (χ3n) is 2.11. The van der Waals surface area contributed by atoms with Gasteiger partial charge < -0.3 is 9.80 Å². The smallest absolute Gasteiger partial charge is 0.146 e. The van der Waals surface area contributed by atoms with Gasteiger partial charge in [-0.05, 0) is 43.0 Å². The summed E-state index contributed by atoms with van der Waals surface area (Å²) in [6.07, 6.45) is 4.47. The second-order valence-electron chi connectivity index (χ2n) is 3.77. The fourth-order valence-electron chi connectivity index (χ4n) is 1.32. The van der Waals surface area contributed by atoms with Crippen LogP contribution in [0.15, 0.2) is 17.0 Å². The molecule has 1 aromatic heterocycles. The summed E-state index contributed by atoms with van der Waals surface area (Å²) >= 11 is 3.44. The molecule has 0 unspecified atom stereocenters. The zero-order valence-electron chi connectivity index (χ0n) is 9.44. The van der Waals surface area contributed by atoms with Gasteiger partial charge in [0.15, 0.2) is 0 Å². The maximum Gasteiger partial charge on any atom is 0.146 e. The zero-order valence-corrected chi connectivity index (χ0v) is 11.0. The molecule has 0 spiro atoms. The molecule has 1 rings (SSSR count). The van der Waals surface area contributed by atoms with Gasteiger partial charge >= 0.3 is 0 Å². The summed E-state index contributed by atoms with van der Waals surface area (Å²) in [5.74, 6) is 0.948. The van der Waals surface area contributed by atoms with Gasteiger partial charge in [-0.1, -0.05) is 0 Å². The normalized spacial score (nSPS) is 10.7. The predicted molar refractivity (Wildman–Crippen MR) is 66.2 cm³/mol. The van der Waals surface area contributed by atoms with Crippen molar-refractivity contribution in [2.24, 2.45) is 0 Å². The Labute approximate surface area is 99.4 Å². The summed E-state index contributed by atoms with van der Waals surface area (Å²) in [6, 6.07) is 0. The van der Waals surface area contributed by atoms with E-state index in [1.165, 1.54) is 0 Å². The Kier molecular flexibility index (Phi) is 4.98. The molecule has 0 N–H and O–H groups in total. The van der Waals surface area contributed by atoms with Crippen molar-refractivity contribution >= 4 is 21.7 Å². The van der Waals surface area contributed by atoms with Crippen molar-refractivity contribution in [2.45, 2.75) is 6.42 Å². The van der Waals surface area contributed by atoms with E-state index in [-0.39, 0.29) is 0 Å². The van der Waals surface area contributed by atoms with E-state index < -0.39 is 0 Å².